The molecule has 1 amide bonds. The van der Waals surface area contributed by atoms with Gasteiger partial charge in [-0.15, -0.1) is 0 Å². The molecule has 2 rings (SSSR count). The predicted octanol–water partition coefficient (Wildman–Crippen LogP) is 1.54. The van der Waals surface area contributed by atoms with Gasteiger partial charge in [0.15, 0.2) is 0 Å². The average Bonchev–Trinajstić information content (AvgIpc) is 2.54. The summed E-state index contributed by atoms with van der Waals surface area (Å²) in [6.45, 7) is 5.43. The molecule has 1 aromatic rings. The third-order valence-corrected chi connectivity index (χ3v) is 4.79. The quantitative estimate of drug-likeness (QED) is 0.884. The maximum Gasteiger partial charge on any atom is 0.233 e. The summed E-state index contributed by atoms with van der Waals surface area (Å²) >= 11 is 0. The van der Waals surface area contributed by atoms with Gasteiger partial charge in [-0.1, -0.05) is 30.3 Å². The van der Waals surface area contributed by atoms with Crippen LogP contribution in [0.4, 0.5) is 0 Å². The van der Waals surface area contributed by atoms with E-state index in [1.165, 1.54) is 0 Å². The highest BCUT2D eigenvalue weighted by molar-refractivity contribution is 5.89. The number of hydrogen-bond donors (Lipinski definition) is 2. The number of benzene rings is 1. The second-order valence-electron chi connectivity index (χ2n) is 6.53. The standard InChI is InChI=1S/C17H26N2O2/c1-16(2,13-20)19(3)15(21)17(9-11-18-12-10-17)14-7-5-4-6-8-14/h4-8,18,20H,9-13H2,1-3H3. The largest absolute Gasteiger partial charge is 0.394 e. The van der Waals surface area contributed by atoms with Gasteiger partial charge in [-0.05, 0) is 45.3 Å². The molecule has 1 fully saturated rings. The molecule has 2 N–H and O–H groups in total. The van der Waals surface area contributed by atoms with Crippen LogP contribution in [0.15, 0.2) is 30.3 Å². The molecule has 0 radical (unpaired) electrons. The number of rotatable bonds is 4. The van der Waals surface area contributed by atoms with E-state index in [0.29, 0.717) is 0 Å². The minimum absolute atomic E-state index is 0.0433. The molecule has 4 nitrogen and oxygen atoms in total. The van der Waals surface area contributed by atoms with Crippen LogP contribution in [0.2, 0.25) is 0 Å². The number of aliphatic hydroxyl groups excluding tert-OH is 1. The highest BCUT2D eigenvalue weighted by atomic mass is 16.3. The summed E-state index contributed by atoms with van der Waals surface area (Å²) in [5.74, 6) is 0.106. The molecule has 1 saturated heterocycles. The van der Waals surface area contributed by atoms with Crippen molar-refractivity contribution in [3.63, 3.8) is 0 Å². The smallest absolute Gasteiger partial charge is 0.233 e. The van der Waals surface area contributed by atoms with E-state index in [1.807, 2.05) is 44.2 Å². The number of piperidine rings is 1. The number of amides is 1. The Balaban J connectivity index is 2.39. The Hall–Kier alpha value is -1.39. The fourth-order valence-corrected chi connectivity index (χ4v) is 2.94. The molecular formula is C17H26N2O2. The van der Waals surface area contributed by atoms with Crippen molar-refractivity contribution < 1.29 is 9.90 Å². The second-order valence-corrected chi connectivity index (χ2v) is 6.53. The summed E-state index contributed by atoms with van der Waals surface area (Å²) in [4.78, 5) is 14.9. The van der Waals surface area contributed by atoms with Gasteiger partial charge in [0.25, 0.3) is 0 Å². The Kier molecular flexibility index (Phi) is 4.69. The Morgan fingerprint density at radius 3 is 2.38 bits per heavy atom. The highest BCUT2D eigenvalue weighted by Crippen LogP contribution is 2.36. The van der Waals surface area contributed by atoms with Crippen molar-refractivity contribution in [2.24, 2.45) is 0 Å². The van der Waals surface area contributed by atoms with E-state index < -0.39 is 11.0 Å². The lowest BCUT2D eigenvalue weighted by Crippen LogP contribution is -2.57. The van der Waals surface area contributed by atoms with E-state index in [9.17, 15) is 9.90 Å². The predicted molar refractivity (Wildman–Crippen MR) is 84.2 cm³/mol. The lowest BCUT2D eigenvalue weighted by Gasteiger charge is -2.44. The summed E-state index contributed by atoms with van der Waals surface area (Å²) < 4.78 is 0. The van der Waals surface area contributed by atoms with Gasteiger partial charge in [0, 0.05) is 7.05 Å². The molecule has 21 heavy (non-hydrogen) atoms. The van der Waals surface area contributed by atoms with Crippen molar-refractivity contribution in [2.45, 2.75) is 37.6 Å². The van der Waals surface area contributed by atoms with Crippen molar-refractivity contribution >= 4 is 5.91 Å². The van der Waals surface area contributed by atoms with Crippen LogP contribution in [0.3, 0.4) is 0 Å². The summed E-state index contributed by atoms with van der Waals surface area (Å²) in [6, 6.07) is 10.0. The van der Waals surface area contributed by atoms with E-state index in [2.05, 4.69) is 5.32 Å². The second kappa shape index (κ2) is 6.16. The van der Waals surface area contributed by atoms with Gasteiger partial charge in [0.2, 0.25) is 5.91 Å². The monoisotopic (exact) mass is 290 g/mol. The molecule has 0 bridgehead atoms. The minimum atomic E-state index is -0.552. The van der Waals surface area contributed by atoms with Crippen molar-refractivity contribution in [3.05, 3.63) is 35.9 Å². The lowest BCUT2D eigenvalue weighted by atomic mass is 9.71. The molecule has 1 aliphatic rings. The third-order valence-electron chi connectivity index (χ3n) is 4.79. The van der Waals surface area contributed by atoms with Crippen molar-refractivity contribution in [1.82, 2.24) is 10.2 Å². The molecule has 0 spiro atoms. The highest BCUT2D eigenvalue weighted by Gasteiger charge is 2.45. The van der Waals surface area contributed by atoms with Gasteiger partial charge < -0.3 is 15.3 Å². The lowest BCUT2D eigenvalue weighted by molar-refractivity contribution is -0.143. The van der Waals surface area contributed by atoms with Crippen LogP contribution in [0, 0.1) is 0 Å². The van der Waals surface area contributed by atoms with E-state index in [4.69, 9.17) is 0 Å². The summed E-state index contributed by atoms with van der Waals surface area (Å²) in [5.41, 5.74) is 0.0503. The summed E-state index contributed by atoms with van der Waals surface area (Å²) in [5, 5.41) is 12.9. The Morgan fingerprint density at radius 1 is 1.29 bits per heavy atom. The van der Waals surface area contributed by atoms with E-state index in [1.54, 1.807) is 11.9 Å². The zero-order valence-electron chi connectivity index (χ0n) is 13.2. The van der Waals surface area contributed by atoms with Gasteiger partial charge in [-0.2, -0.15) is 0 Å². The first-order valence-electron chi connectivity index (χ1n) is 7.59. The maximum atomic E-state index is 13.2. The third kappa shape index (κ3) is 2.97. The minimum Gasteiger partial charge on any atom is -0.394 e. The van der Waals surface area contributed by atoms with E-state index in [-0.39, 0.29) is 12.5 Å². The fraction of sp³-hybridized carbons (Fsp3) is 0.588. The molecule has 0 atom stereocenters. The first kappa shape index (κ1) is 16.0. The number of hydrogen-bond acceptors (Lipinski definition) is 3. The molecule has 1 aliphatic heterocycles. The van der Waals surface area contributed by atoms with Crippen molar-refractivity contribution in [1.29, 1.82) is 0 Å². The van der Waals surface area contributed by atoms with Crippen LogP contribution in [0.25, 0.3) is 0 Å². The van der Waals surface area contributed by atoms with Gasteiger partial charge in [-0.3, -0.25) is 4.79 Å². The number of likely N-dealkylation sites (N-methyl/N-ethyl adjacent to an activating group) is 1. The van der Waals surface area contributed by atoms with Crippen LogP contribution in [0.5, 0.6) is 0 Å². The summed E-state index contributed by atoms with van der Waals surface area (Å²) in [7, 11) is 1.80. The Morgan fingerprint density at radius 2 is 1.86 bits per heavy atom. The number of carbonyl (C=O) groups is 1. The van der Waals surface area contributed by atoms with Crippen LogP contribution < -0.4 is 5.32 Å². The van der Waals surface area contributed by atoms with Crippen LogP contribution in [-0.2, 0) is 10.2 Å². The number of aliphatic hydroxyl groups is 1. The van der Waals surface area contributed by atoms with Gasteiger partial charge in [-0.25, -0.2) is 0 Å². The average molecular weight is 290 g/mol. The van der Waals surface area contributed by atoms with Gasteiger partial charge in [0.05, 0.1) is 17.6 Å². The van der Waals surface area contributed by atoms with Crippen LogP contribution in [-0.4, -0.2) is 48.2 Å². The number of carbonyl (C=O) groups excluding carboxylic acids is 1. The van der Waals surface area contributed by atoms with Gasteiger partial charge >= 0.3 is 0 Å². The Bertz CT molecular complexity index is 479. The van der Waals surface area contributed by atoms with Crippen LogP contribution >= 0.6 is 0 Å². The first-order valence-corrected chi connectivity index (χ1v) is 7.59. The van der Waals surface area contributed by atoms with Crippen molar-refractivity contribution in [3.8, 4) is 0 Å². The number of nitrogens with zero attached hydrogens (tertiary/aromatic N) is 1. The Labute approximate surface area is 127 Å². The first-order chi connectivity index (χ1) is 9.94. The molecular weight excluding hydrogens is 264 g/mol. The topological polar surface area (TPSA) is 52.6 Å². The molecule has 1 heterocycles. The molecule has 4 heteroatoms. The zero-order chi connectivity index (χ0) is 15.5. The fourth-order valence-electron chi connectivity index (χ4n) is 2.94. The molecule has 116 valence electrons. The molecule has 0 unspecified atom stereocenters. The van der Waals surface area contributed by atoms with Crippen molar-refractivity contribution in [2.75, 3.05) is 26.7 Å². The maximum absolute atomic E-state index is 13.2. The molecule has 1 aromatic carbocycles. The van der Waals surface area contributed by atoms with E-state index >= 15 is 0 Å². The number of nitrogens with one attached hydrogen (secondary N) is 1. The zero-order valence-corrected chi connectivity index (χ0v) is 13.2. The van der Waals surface area contributed by atoms with E-state index in [0.717, 1.165) is 31.5 Å². The van der Waals surface area contributed by atoms with Gasteiger partial charge in [0.1, 0.15) is 0 Å². The van der Waals surface area contributed by atoms with Crippen LogP contribution in [0.1, 0.15) is 32.3 Å². The molecule has 0 aromatic heterocycles. The molecule has 0 aliphatic carbocycles. The summed E-state index contributed by atoms with van der Waals surface area (Å²) in [6.07, 6.45) is 1.59. The molecule has 0 saturated carbocycles. The normalized spacial score (nSPS) is 18.3. The SMILES string of the molecule is CN(C(=O)C1(c2ccccc2)CCNCC1)C(C)(C)CO.